The molecule has 1 heterocycles. The molecule has 1 aromatic heterocycles. The zero-order valence-electron chi connectivity index (χ0n) is 9.88. The minimum Gasteiger partial charge on any atom is -0.399 e. The number of anilines is 1. The third kappa shape index (κ3) is 2.95. The van der Waals surface area contributed by atoms with E-state index in [1.165, 1.54) is 0 Å². The van der Waals surface area contributed by atoms with E-state index in [9.17, 15) is 4.79 Å². The summed E-state index contributed by atoms with van der Waals surface area (Å²) >= 11 is 1.58. The first-order chi connectivity index (χ1) is 8.66. The van der Waals surface area contributed by atoms with Gasteiger partial charge in [0.2, 0.25) is 0 Å². The van der Waals surface area contributed by atoms with Gasteiger partial charge in [0.1, 0.15) is 0 Å². The Hall–Kier alpha value is -2.14. The molecule has 0 bridgehead atoms. The van der Waals surface area contributed by atoms with Gasteiger partial charge in [-0.25, -0.2) is 5.43 Å². The average Bonchev–Trinajstić information content (AvgIpc) is 2.89. The largest absolute Gasteiger partial charge is 0.399 e. The van der Waals surface area contributed by atoms with E-state index in [4.69, 9.17) is 5.73 Å². The molecule has 4 nitrogen and oxygen atoms in total. The maximum atomic E-state index is 11.8. The van der Waals surface area contributed by atoms with Crippen LogP contribution in [0, 0.1) is 0 Å². The monoisotopic (exact) mass is 259 g/mol. The molecule has 2 rings (SSSR count). The van der Waals surface area contributed by atoms with Gasteiger partial charge < -0.3 is 5.73 Å². The topological polar surface area (TPSA) is 67.5 Å². The van der Waals surface area contributed by atoms with E-state index in [0.29, 0.717) is 11.3 Å². The van der Waals surface area contributed by atoms with Gasteiger partial charge in [0.15, 0.2) is 0 Å². The van der Waals surface area contributed by atoms with Crippen molar-refractivity contribution in [2.45, 2.75) is 6.92 Å². The van der Waals surface area contributed by atoms with Crippen LogP contribution in [0.15, 0.2) is 46.9 Å². The molecule has 0 spiro atoms. The second-order valence-electron chi connectivity index (χ2n) is 3.74. The van der Waals surface area contributed by atoms with Gasteiger partial charge in [-0.3, -0.25) is 4.79 Å². The SMILES string of the molecule is C/C(=N/NC(=O)c1cccc(N)c1)c1cccs1. The molecule has 0 atom stereocenters. The number of carbonyl (C=O) groups is 1. The van der Waals surface area contributed by atoms with Crippen LogP contribution in [0.5, 0.6) is 0 Å². The highest BCUT2D eigenvalue weighted by atomic mass is 32.1. The number of benzene rings is 1. The van der Waals surface area contributed by atoms with Crippen molar-refractivity contribution in [3.63, 3.8) is 0 Å². The van der Waals surface area contributed by atoms with Gasteiger partial charge in [0.25, 0.3) is 5.91 Å². The van der Waals surface area contributed by atoms with Crippen molar-refractivity contribution < 1.29 is 4.79 Å². The molecule has 0 aliphatic heterocycles. The number of hydrazone groups is 1. The lowest BCUT2D eigenvalue weighted by Crippen LogP contribution is -2.19. The first kappa shape index (κ1) is 12.3. The van der Waals surface area contributed by atoms with Crippen molar-refractivity contribution >= 4 is 28.6 Å². The van der Waals surface area contributed by atoms with Crippen molar-refractivity contribution in [3.8, 4) is 0 Å². The highest BCUT2D eigenvalue weighted by Gasteiger charge is 2.05. The summed E-state index contributed by atoms with van der Waals surface area (Å²) in [6.45, 7) is 1.85. The quantitative estimate of drug-likeness (QED) is 0.505. The fourth-order valence-electron chi connectivity index (χ4n) is 1.42. The molecule has 3 N–H and O–H groups in total. The number of carbonyl (C=O) groups excluding carboxylic acids is 1. The molecule has 0 fully saturated rings. The van der Waals surface area contributed by atoms with Gasteiger partial charge in [-0.1, -0.05) is 12.1 Å². The molecule has 18 heavy (non-hydrogen) atoms. The fourth-order valence-corrected chi connectivity index (χ4v) is 2.10. The summed E-state index contributed by atoms with van der Waals surface area (Å²) < 4.78 is 0. The van der Waals surface area contributed by atoms with Gasteiger partial charge in [0.05, 0.1) is 5.71 Å². The average molecular weight is 259 g/mol. The number of nitrogens with one attached hydrogen (secondary N) is 1. The van der Waals surface area contributed by atoms with Crippen LogP contribution < -0.4 is 11.2 Å². The van der Waals surface area contributed by atoms with E-state index in [1.54, 1.807) is 35.6 Å². The summed E-state index contributed by atoms with van der Waals surface area (Å²) in [5.74, 6) is -0.266. The lowest BCUT2D eigenvalue weighted by molar-refractivity contribution is 0.0955. The van der Waals surface area contributed by atoms with Crippen molar-refractivity contribution in [3.05, 3.63) is 52.2 Å². The minimum absolute atomic E-state index is 0.266. The van der Waals surface area contributed by atoms with E-state index in [0.717, 1.165) is 10.6 Å². The number of rotatable bonds is 3. The number of thiophene rings is 1. The van der Waals surface area contributed by atoms with E-state index >= 15 is 0 Å². The Morgan fingerprint density at radius 2 is 2.17 bits per heavy atom. The van der Waals surface area contributed by atoms with Crippen molar-refractivity contribution in [1.82, 2.24) is 5.43 Å². The van der Waals surface area contributed by atoms with Crippen LogP contribution in [0.3, 0.4) is 0 Å². The minimum atomic E-state index is -0.266. The van der Waals surface area contributed by atoms with Crippen LogP contribution in [0.25, 0.3) is 0 Å². The third-order valence-electron chi connectivity index (χ3n) is 2.35. The summed E-state index contributed by atoms with van der Waals surface area (Å²) in [7, 11) is 0. The number of hydrogen-bond acceptors (Lipinski definition) is 4. The van der Waals surface area contributed by atoms with E-state index < -0.39 is 0 Å². The number of amides is 1. The zero-order chi connectivity index (χ0) is 13.0. The Kier molecular flexibility index (Phi) is 3.74. The third-order valence-corrected chi connectivity index (χ3v) is 3.33. The maximum absolute atomic E-state index is 11.8. The van der Waals surface area contributed by atoms with Crippen LogP contribution in [-0.4, -0.2) is 11.6 Å². The summed E-state index contributed by atoms with van der Waals surface area (Å²) in [6.07, 6.45) is 0. The second-order valence-corrected chi connectivity index (χ2v) is 4.69. The lowest BCUT2D eigenvalue weighted by Gasteiger charge is -2.02. The first-order valence-electron chi connectivity index (χ1n) is 5.41. The molecule has 5 heteroatoms. The Bertz CT molecular complexity index is 576. The van der Waals surface area contributed by atoms with Gasteiger partial charge in [-0.15, -0.1) is 11.3 Å². The van der Waals surface area contributed by atoms with E-state index in [1.807, 2.05) is 24.4 Å². The zero-order valence-corrected chi connectivity index (χ0v) is 10.7. The Balaban J connectivity index is 2.07. The fraction of sp³-hybridized carbons (Fsp3) is 0.0769. The molecule has 0 radical (unpaired) electrons. The standard InChI is InChI=1S/C13H13N3OS/c1-9(12-6-3-7-18-12)15-16-13(17)10-4-2-5-11(14)8-10/h2-8H,14H2,1H3,(H,16,17)/b15-9-. The molecule has 2 aromatic rings. The van der Waals surface area contributed by atoms with Crippen LogP contribution in [0.2, 0.25) is 0 Å². The molecule has 1 amide bonds. The highest BCUT2D eigenvalue weighted by Crippen LogP contribution is 2.10. The summed E-state index contributed by atoms with van der Waals surface area (Å²) in [5.41, 5.74) is 9.96. The Labute approximate surface area is 109 Å². The molecule has 0 aliphatic rings. The maximum Gasteiger partial charge on any atom is 0.271 e. The van der Waals surface area contributed by atoms with E-state index in [-0.39, 0.29) is 5.91 Å². The van der Waals surface area contributed by atoms with Crippen molar-refractivity contribution in [1.29, 1.82) is 0 Å². The van der Waals surface area contributed by atoms with Crippen molar-refractivity contribution in [2.75, 3.05) is 5.73 Å². The lowest BCUT2D eigenvalue weighted by atomic mass is 10.2. The molecular formula is C13H13N3OS. The smallest absolute Gasteiger partial charge is 0.271 e. The second kappa shape index (κ2) is 5.46. The van der Waals surface area contributed by atoms with Crippen LogP contribution >= 0.6 is 11.3 Å². The number of nitrogens with zero attached hydrogens (tertiary/aromatic N) is 1. The number of hydrogen-bond donors (Lipinski definition) is 2. The highest BCUT2D eigenvalue weighted by molar-refractivity contribution is 7.12. The van der Waals surface area contributed by atoms with Crippen LogP contribution in [0.4, 0.5) is 5.69 Å². The number of nitrogens with two attached hydrogens (primary N) is 1. The first-order valence-corrected chi connectivity index (χ1v) is 6.29. The van der Waals surface area contributed by atoms with Crippen LogP contribution in [0.1, 0.15) is 22.2 Å². The Morgan fingerprint density at radius 3 is 2.83 bits per heavy atom. The van der Waals surface area contributed by atoms with E-state index in [2.05, 4.69) is 10.5 Å². The molecule has 0 saturated carbocycles. The Morgan fingerprint density at radius 1 is 1.33 bits per heavy atom. The predicted octanol–water partition coefficient (Wildman–Crippen LogP) is 2.48. The van der Waals surface area contributed by atoms with Crippen molar-refractivity contribution in [2.24, 2.45) is 5.10 Å². The summed E-state index contributed by atoms with van der Waals surface area (Å²) in [6, 6.07) is 10.7. The molecule has 0 aliphatic carbocycles. The normalized spacial score (nSPS) is 11.3. The van der Waals surface area contributed by atoms with Gasteiger partial charge in [-0.05, 0) is 36.6 Å². The number of nitrogen functional groups attached to an aromatic ring is 1. The molecule has 0 saturated heterocycles. The van der Waals surface area contributed by atoms with Gasteiger partial charge >= 0.3 is 0 Å². The molecule has 1 aromatic carbocycles. The predicted molar refractivity (Wildman–Crippen MR) is 74.9 cm³/mol. The summed E-state index contributed by atoms with van der Waals surface area (Å²) in [4.78, 5) is 12.8. The molecule has 0 unspecified atom stereocenters. The van der Waals surface area contributed by atoms with Crippen LogP contribution in [-0.2, 0) is 0 Å². The molecular weight excluding hydrogens is 246 g/mol. The van der Waals surface area contributed by atoms with Gasteiger partial charge in [-0.2, -0.15) is 5.10 Å². The summed E-state index contributed by atoms with van der Waals surface area (Å²) in [5, 5.41) is 6.03. The van der Waals surface area contributed by atoms with Gasteiger partial charge in [0, 0.05) is 16.1 Å². The molecule has 92 valence electrons.